The minimum Gasteiger partial charge on any atom is -0.368 e. The van der Waals surface area contributed by atoms with Gasteiger partial charge >= 0.3 is 0 Å². The lowest BCUT2D eigenvalue weighted by Crippen LogP contribution is -2.47. The maximum absolute atomic E-state index is 12.9. The van der Waals surface area contributed by atoms with Crippen molar-refractivity contribution < 1.29 is 4.79 Å². The van der Waals surface area contributed by atoms with Crippen LogP contribution >= 0.6 is 0 Å². The second-order valence-corrected chi connectivity index (χ2v) is 8.41. The normalized spacial score (nSPS) is 18.2. The Morgan fingerprint density at radius 1 is 0.966 bits per heavy atom. The first-order valence-electron chi connectivity index (χ1n) is 10.7. The highest BCUT2D eigenvalue weighted by Gasteiger charge is 2.25. The summed E-state index contributed by atoms with van der Waals surface area (Å²) in [5, 5.41) is 0. The van der Waals surface area contributed by atoms with Crippen molar-refractivity contribution in [1.29, 1.82) is 0 Å². The van der Waals surface area contributed by atoms with Crippen molar-refractivity contribution in [2.45, 2.75) is 33.6 Å². The van der Waals surface area contributed by atoms with Crippen LogP contribution in [0.2, 0.25) is 0 Å². The largest absolute Gasteiger partial charge is 0.368 e. The predicted octanol–water partition coefficient (Wildman–Crippen LogP) is 3.29. The molecule has 2 aliphatic rings. The number of piperidine rings is 1. The second kappa shape index (κ2) is 8.39. The van der Waals surface area contributed by atoms with Gasteiger partial charge in [0.1, 0.15) is 5.69 Å². The summed E-state index contributed by atoms with van der Waals surface area (Å²) in [6.45, 7) is 11.8. The molecule has 0 spiro atoms. The van der Waals surface area contributed by atoms with E-state index >= 15 is 0 Å². The van der Waals surface area contributed by atoms with Gasteiger partial charge in [0, 0.05) is 51.2 Å². The first kappa shape index (κ1) is 19.7. The highest BCUT2D eigenvalue weighted by molar-refractivity contribution is 5.92. The Morgan fingerprint density at radius 3 is 2.38 bits per heavy atom. The van der Waals surface area contributed by atoms with Crippen LogP contribution in [0, 0.1) is 19.8 Å². The molecule has 1 aromatic carbocycles. The smallest absolute Gasteiger partial charge is 0.272 e. The summed E-state index contributed by atoms with van der Waals surface area (Å²) in [5.74, 6) is 1.41. The Balaban J connectivity index is 1.42. The van der Waals surface area contributed by atoms with Crippen LogP contribution in [0.15, 0.2) is 30.5 Å². The van der Waals surface area contributed by atoms with Crippen molar-refractivity contribution in [3.8, 4) is 0 Å². The van der Waals surface area contributed by atoms with Crippen molar-refractivity contribution in [3.05, 3.63) is 47.3 Å². The monoisotopic (exact) mass is 393 g/mol. The SMILES string of the molecule is Cc1cccc(N2CCN(c3nccc(C(=O)N4CCC(C)CC4)n3)CC2)c1C. The summed E-state index contributed by atoms with van der Waals surface area (Å²) in [4.78, 5) is 28.5. The topological polar surface area (TPSA) is 52.6 Å². The summed E-state index contributed by atoms with van der Waals surface area (Å²) in [7, 11) is 0. The van der Waals surface area contributed by atoms with Gasteiger partial charge in [0.2, 0.25) is 5.95 Å². The van der Waals surface area contributed by atoms with Gasteiger partial charge in [-0.25, -0.2) is 9.97 Å². The van der Waals surface area contributed by atoms with E-state index in [4.69, 9.17) is 0 Å². The molecular weight excluding hydrogens is 362 g/mol. The Kier molecular flexibility index (Phi) is 5.69. The number of nitrogens with zero attached hydrogens (tertiary/aromatic N) is 5. The van der Waals surface area contributed by atoms with Gasteiger partial charge in [-0.1, -0.05) is 19.1 Å². The van der Waals surface area contributed by atoms with E-state index in [1.54, 1.807) is 12.3 Å². The molecule has 6 heteroatoms. The van der Waals surface area contributed by atoms with Crippen molar-refractivity contribution in [2.75, 3.05) is 49.1 Å². The van der Waals surface area contributed by atoms with E-state index in [1.165, 1.54) is 16.8 Å². The molecule has 2 aliphatic heterocycles. The number of hydrogen-bond donors (Lipinski definition) is 0. The molecule has 2 aromatic rings. The third-order valence-electron chi connectivity index (χ3n) is 6.41. The van der Waals surface area contributed by atoms with Crippen LogP contribution in [0.25, 0.3) is 0 Å². The van der Waals surface area contributed by atoms with Crippen LogP contribution < -0.4 is 9.80 Å². The third-order valence-corrected chi connectivity index (χ3v) is 6.41. The fourth-order valence-electron chi connectivity index (χ4n) is 4.22. The van der Waals surface area contributed by atoms with Gasteiger partial charge in [0.15, 0.2) is 0 Å². The van der Waals surface area contributed by atoms with Gasteiger partial charge in [-0.15, -0.1) is 0 Å². The number of carbonyl (C=O) groups is 1. The van der Waals surface area contributed by atoms with E-state index in [0.717, 1.165) is 52.1 Å². The van der Waals surface area contributed by atoms with E-state index in [0.29, 0.717) is 17.6 Å². The first-order valence-corrected chi connectivity index (χ1v) is 10.7. The number of carbonyl (C=O) groups excluding carboxylic acids is 1. The average molecular weight is 394 g/mol. The fourth-order valence-corrected chi connectivity index (χ4v) is 4.22. The van der Waals surface area contributed by atoms with Crippen molar-refractivity contribution in [2.24, 2.45) is 5.92 Å². The summed E-state index contributed by atoms with van der Waals surface area (Å²) < 4.78 is 0. The molecule has 6 nitrogen and oxygen atoms in total. The Labute approximate surface area is 173 Å². The molecule has 1 amide bonds. The summed E-state index contributed by atoms with van der Waals surface area (Å²) >= 11 is 0. The van der Waals surface area contributed by atoms with Gasteiger partial charge in [-0.3, -0.25) is 4.79 Å². The van der Waals surface area contributed by atoms with Gasteiger partial charge < -0.3 is 14.7 Å². The predicted molar refractivity (Wildman–Crippen MR) is 117 cm³/mol. The lowest BCUT2D eigenvalue weighted by atomic mass is 9.99. The molecule has 3 heterocycles. The maximum Gasteiger partial charge on any atom is 0.272 e. The zero-order chi connectivity index (χ0) is 20.4. The maximum atomic E-state index is 12.9. The number of aromatic nitrogens is 2. The highest BCUT2D eigenvalue weighted by Crippen LogP contribution is 2.25. The van der Waals surface area contributed by atoms with Crippen LogP contribution in [-0.2, 0) is 0 Å². The number of rotatable bonds is 3. The average Bonchev–Trinajstić information content (AvgIpc) is 2.76. The summed E-state index contributed by atoms with van der Waals surface area (Å²) in [6.07, 6.45) is 3.87. The molecule has 29 heavy (non-hydrogen) atoms. The summed E-state index contributed by atoms with van der Waals surface area (Å²) in [5.41, 5.74) is 4.50. The van der Waals surface area contributed by atoms with Crippen molar-refractivity contribution >= 4 is 17.5 Å². The Hall–Kier alpha value is -2.63. The molecule has 2 fully saturated rings. The minimum absolute atomic E-state index is 0.0366. The Bertz CT molecular complexity index is 867. The third kappa shape index (κ3) is 4.21. The van der Waals surface area contributed by atoms with E-state index in [-0.39, 0.29) is 5.91 Å². The van der Waals surface area contributed by atoms with Crippen molar-refractivity contribution in [3.63, 3.8) is 0 Å². The van der Waals surface area contributed by atoms with Gasteiger partial charge in [-0.2, -0.15) is 0 Å². The van der Waals surface area contributed by atoms with E-state index in [2.05, 4.69) is 58.7 Å². The number of benzene rings is 1. The van der Waals surface area contributed by atoms with E-state index < -0.39 is 0 Å². The Morgan fingerprint density at radius 2 is 1.66 bits per heavy atom. The highest BCUT2D eigenvalue weighted by atomic mass is 16.2. The number of amides is 1. The van der Waals surface area contributed by atoms with Gasteiger partial charge in [0.05, 0.1) is 0 Å². The zero-order valence-electron chi connectivity index (χ0n) is 17.8. The number of piperazine rings is 1. The molecule has 1 aromatic heterocycles. The van der Waals surface area contributed by atoms with Gasteiger partial charge in [0.25, 0.3) is 5.91 Å². The molecule has 154 valence electrons. The fraction of sp³-hybridized carbons (Fsp3) is 0.522. The number of likely N-dealkylation sites (tertiary alicyclic amines) is 1. The number of hydrogen-bond acceptors (Lipinski definition) is 5. The molecule has 0 unspecified atom stereocenters. The standard InChI is InChI=1S/C23H31N5O/c1-17-8-11-27(12-9-17)22(29)20-7-10-24-23(25-20)28-15-13-26(14-16-28)21-6-4-5-18(2)19(21)3/h4-7,10,17H,8-9,11-16H2,1-3H3. The molecule has 0 bridgehead atoms. The second-order valence-electron chi connectivity index (χ2n) is 8.41. The molecule has 0 aliphatic carbocycles. The molecule has 0 saturated carbocycles. The summed E-state index contributed by atoms with van der Waals surface area (Å²) in [6, 6.07) is 8.24. The van der Waals surface area contributed by atoms with Crippen LogP contribution in [0.1, 0.15) is 41.4 Å². The molecule has 2 saturated heterocycles. The van der Waals surface area contributed by atoms with E-state index in [9.17, 15) is 4.79 Å². The quantitative estimate of drug-likeness (QED) is 0.801. The first-order chi connectivity index (χ1) is 14.0. The lowest BCUT2D eigenvalue weighted by Gasteiger charge is -2.37. The molecular formula is C23H31N5O. The minimum atomic E-state index is 0.0366. The van der Waals surface area contributed by atoms with E-state index in [1.807, 2.05) is 4.90 Å². The molecule has 0 atom stereocenters. The zero-order valence-corrected chi connectivity index (χ0v) is 17.8. The lowest BCUT2D eigenvalue weighted by molar-refractivity contribution is 0.0691. The molecule has 0 radical (unpaired) electrons. The number of anilines is 2. The van der Waals surface area contributed by atoms with Crippen LogP contribution in [-0.4, -0.2) is 60.0 Å². The number of aryl methyl sites for hydroxylation is 1. The van der Waals surface area contributed by atoms with Gasteiger partial charge in [-0.05, 0) is 55.9 Å². The molecule has 0 N–H and O–H groups in total. The molecule has 4 rings (SSSR count). The van der Waals surface area contributed by atoms with Crippen LogP contribution in [0.3, 0.4) is 0 Å². The van der Waals surface area contributed by atoms with Crippen LogP contribution in [0.5, 0.6) is 0 Å². The van der Waals surface area contributed by atoms with Crippen molar-refractivity contribution in [1.82, 2.24) is 14.9 Å². The van der Waals surface area contributed by atoms with Crippen LogP contribution in [0.4, 0.5) is 11.6 Å².